The molecule has 14 heavy (non-hydrogen) atoms. The number of hydrogen-bond acceptors (Lipinski definition) is 1. The Morgan fingerprint density at radius 3 is 2.86 bits per heavy atom. The van der Waals surface area contributed by atoms with Gasteiger partial charge in [0.1, 0.15) is 5.82 Å². The number of pyridine rings is 1. The second-order valence-electron chi connectivity index (χ2n) is 2.90. The Labute approximate surface area is 85.8 Å². The molecule has 0 bridgehead atoms. The minimum Gasteiger partial charge on any atom is -0.248 e. The molecule has 1 nitrogen and oxygen atoms in total. The maximum absolute atomic E-state index is 13.1. The van der Waals surface area contributed by atoms with Crippen LogP contribution in [0.1, 0.15) is 5.69 Å². The molecule has 0 aliphatic heterocycles. The van der Waals surface area contributed by atoms with Crippen molar-refractivity contribution in [3.63, 3.8) is 0 Å². The molecule has 2 rings (SSSR count). The van der Waals surface area contributed by atoms with Crippen LogP contribution in [0.5, 0.6) is 0 Å². The first-order valence-electron chi connectivity index (χ1n) is 4.09. The summed E-state index contributed by atoms with van der Waals surface area (Å²) < 4.78 is 13.1. The molecule has 1 aromatic carbocycles. The summed E-state index contributed by atoms with van der Waals surface area (Å²) in [6.45, 7) is 3.61. The molecule has 0 aliphatic rings. The van der Waals surface area contributed by atoms with Crippen LogP contribution < -0.4 is 0 Å². The lowest BCUT2D eigenvalue weighted by molar-refractivity contribution is 0.630. The monoisotopic (exact) mass is 207 g/mol. The van der Waals surface area contributed by atoms with E-state index in [1.165, 1.54) is 12.1 Å². The van der Waals surface area contributed by atoms with Crippen LogP contribution in [-0.2, 0) is 0 Å². The molecule has 3 heteroatoms. The molecule has 0 spiro atoms. The molecule has 0 saturated heterocycles. The van der Waals surface area contributed by atoms with Crippen LogP contribution in [0, 0.1) is 5.82 Å². The molecule has 1 aromatic heterocycles. The molecule has 0 atom stereocenters. The normalized spacial score (nSPS) is 10.4. The molecule has 0 aliphatic carbocycles. The number of halogens is 2. The third kappa shape index (κ3) is 1.49. The Morgan fingerprint density at radius 1 is 1.36 bits per heavy atom. The van der Waals surface area contributed by atoms with E-state index in [4.69, 9.17) is 11.6 Å². The number of hydrogen-bond donors (Lipinski definition) is 0. The summed E-state index contributed by atoms with van der Waals surface area (Å²) in [5.74, 6) is -0.424. The van der Waals surface area contributed by atoms with Crippen LogP contribution in [0.3, 0.4) is 0 Å². The van der Waals surface area contributed by atoms with E-state index in [9.17, 15) is 4.39 Å². The summed E-state index contributed by atoms with van der Waals surface area (Å²) in [7, 11) is 0. The molecule has 70 valence electrons. The molecule has 0 fully saturated rings. The van der Waals surface area contributed by atoms with Gasteiger partial charge in [-0.3, -0.25) is 0 Å². The van der Waals surface area contributed by atoms with Crippen LogP contribution >= 0.6 is 11.6 Å². The van der Waals surface area contributed by atoms with Gasteiger partial charge in [0, 0.05) is 5.39 Å². The van der Waals surface area contributed by atoms with E-state index in [0.29, 0.717) is 5.52 Å². The van der Waals surface area contributed by atoms with Crippen LogP contribution in [0.15, 0.2) is 30.8 Å². The summed E-state index contributed by atoms with van der Waals surface area (Å²) in [4.78, 5) is 4.23. The minimum atomic E-state index is -0.424. The highest BCUT2D eigenvalue weighted by molar-refractivity contribution is 6.31. The van der Waals surface area contributed by atoms with Crippen molar-refractivity contribution in [1.82, 2.24) is 4.98 Å². The topological polar surface area (TPSA) is 12.9 Å². The lowest BCUT2D eigenvalue weighted by Crippen LogP contribution is -1.85. The fourth-order valence-corrected chi connectivity index (χ4v) is 1.41. The molecule has 1 heterocycles. The third-order valence-corrected chi connectivity index (χ3v) is 2.25. The summed E-state index contributed by atoms with van der Waals surface area (Å²) in [5.41, 5.74) is 1.42. The first kappa shape index (κ1) is 9.16. The van der Waals surface area contributed by atoms with Crippen LogP contribution in [0.25, 0.3) is 17.0 Å². The Balaban J connectivity index is 2.76. The van der Waals surface area contributed by atoms with Crippen molar-refractivity contribution in [1.29, 1.82) is 0 Å². The van der Waals surface area contributed by atoms with Gasteiger partial charge in [0.25, 0.3) is 0 Å². The molecule has 2 aromatic rings. The highest BCUT2D eigenvalue weighted by Gasteiger charge is 2.03. The van der Waals surface area contributed by atoms with Crippen molar-refractivity contribution in [3.05, 3.63) is 47.4 Å². The molecular weight excluding hydrogens is 201 g/mol. The van der Waals surface area contributed by atoms with E-state index in [2.05, 4.69) is 11.6 Å². The SMILES string of the molecule is C=Cc1ccc2cc(F)c(Cl)cc2n1. The molecule has 0 amide bonds. The first-order valence-corrected chi connectivity index (χ1v) is 4.47. The van der Waals surface area contributed by atoms with Crippen LogP contribution in [0.2, 0.25) is 5.02 Å². The number of nitrogens with zero attached hydrogens (tertiary/aromatic N) is 1. The zero-order chi connectivity index (χ0) is 10.1. The molecule has 0 saturated carbocycles. The first-order chi connectivity index (χ1) is 6.70. The van der Waals surface area contributed by atoms with Gasteiger partial charge in [-0.2, -0.15) is 0 Å². The largest absolute Gasteiger partial charge is 0.248 e. The van der Waals surface area contributed by atoms with E-state index < -0.39 is 5.82 Å². The number of benzene rings is 1. The lowest BCUT2D eigenvalue weighted by atomic mass is 10.2. The van der Waals surface area contributed by atoms with Crippen LogP contribution in [0.4, 0.5) is 4.39 Å². The van der Waals surface area contributed by atoms with Crippen molar-refractivity contribution < 1.29 is 4.39 Å². The van der Waals surface area contributed by atoms with E-state index in [1.54, 1.807) is 18.2 Å². The smallest absolute Gasteiger partial charge is 0.142 e. The quantitative estimate of drug-likeness (QED) is 0.695. The summed E-state index contributed by atoms with van der Waals surface area (Å²) >= 11 is 5.64. The Morgan fingerprint density at radius 2 is 2.14 bits per heavy atom. The van der Waals surface area contributed by atoms with Crippen molar-refractivity contribution in [3.8, 4) is 0 Å². The molecule has 0 N–H and O–H groups in total. The second kappa shape index (κ2) is 3.39. The van der Waals surface area contributed by atoms with Crippen molar-refractivity contribution in [2.75, 3.05) is 0 Å². The number of rotatable bonds is 1. The van der Waals surface area contributed by atoms with Gasteiger partial charge < -0.3 is 0 Å². The van der Waals surface area contributed by atoms with Gasteiger partial charge in [0.2, 0.25) is 0 Å². The fraction of sp³-hybridized carbons (Fsp3) is 0. The second-order valence-corrected chi connectivity index (χ2v) is 3.31. The van der Waals surface area contributed by atoms with Crippen molar-refractivity contribution in [2.24, 2.45) is 0 Å². The Bertz CT molecular complexity index is 508. The molecule has 0 unspecified atom stereocenters. The van der Waals surface area contributed by atoms with Crippen LogP contribution in [-0.4, -0.2) is 4.98 Å². The average molecular weight is 208 g/mol. The predicted molar refractivity (Wildman–Crippen MR) is 56.8 cm³/mol. The molecular formula is C11H7ClFN. The summed E-state index contributed by atoms with van der Waals surface area (Å²) in [6, 6.07) is 6.46. The maximum Gasteiger partial charge on any atom is 0.142 e. The fourth-order valence-electron chi connectivity index (χ4n) is 1.25. The summed E-state index contributed by atoms with van der Waals surface area (Å²) in [5, 5.41) is 0.823. The van der Waals surface area contributed by atoms with E-state index in [-0.39, 0.29) is 5.02 Å². The maximum atomic E-state index is 13.1. The van der Waals surface area contributed by atoms with Gasteiger partial charge in [0.15, 0.2) is 0 Å². The standard InChI is InChI=1S/C11H7ClFN/c1-2-8-4-3-7-5-10(13)9(12)6-11(7)14-8/h2-6H,1H2. The summed E-state index contributed by atoms with van der Waals surface area (Å²) in [6.07, 6.45) is 1.64. The Hall–Kier alpha value is -1.41. The highest BCUT2D eigenvalue weighted by atomic mass is 35.5. The zero-order valence-corrected chi connectivity index (χ0v) is 8.05. The third-order valence-electron chi connectivity index (χ3n) is 1.96. The van der Waals surface area contributed by atoms with Crippen molar-refractivity contribution in [2.45, 2.75) is 0 Å². The van der Waals surface area contributed by atoms with Crippen molar-refractivity contribution >= 4 is 28.6 Å². The Kier molecular flexibility index (Phi) is 2.22. The molecule has 0 radical (unpaired) electrons. The van der Waals surface area contributed by atoms with Gasteiger partial charge in [-0.25, -0.2) is 9.37 Å². The highest BCUT2D eigenvalue weighted by Crippen LogP contribution is 2.21. The van der Waals surface area contributed by atoms with E-state index in [0.717, 1.165) is 11.1 Å². The lowest BCUT2D eigenvalue weighted by Gasteiger charge is -2.00. The van der Waals surface area contributed by atoms with E-state index in [1.807, 2.05) is 0 Å². The van der Waals surface area contributed by atoms with Gasteiger partial charge in [-0.1, -0.05) is 24.2 Å². The van der Waals surface area contributed by atoms with Gasteiger partial charge in [-0.15, -0.1) is 0 Å². The number of aromatic nitrogens is 1. The minimum absolute atomic E-state index is 0.0891. The van der Waals surface area contributed by atoms with E-state index >= 15 is 0 Å². The zero-order valence-electron chi connectivity index (χ0n) is 7.30. The number of fused-ring (bicyclic) bond motifs is 1. The van der Waals surface area contributed by atoms with Gasteiger partial charge >= 0.3 is 0 Å². The van der Waals surface area contributed by atoms with Gasteiger partial charge in [-0.05, 0) is 24.3 Å². The average Bonchev–Trinajstić information content (AvgIpc) is 2.19. The predicted octanol–water partition coefficient (Wildman–Crippen LogP) is 3.67. The van der Waals surface area contributed by atoms with Gasteiger partial charge in [0.05, 0.1) is 16.2 Å².